The molecule has 1 amide bonds. The summed E-state index contributed by atoms with van der Waals surface area (Å²) < 4.78 is 1.15. The summed E-state index contributed by atoms with van der Waals surface area (Å²) >= 11 is 3.44. The first-order valence-corrected chi connectivity index (χ1v) is 12.9. The maximum atomic E-state index is 13.2. The Hall–Kier alpha value is -1.89. The van der Waals surface area contributed by atoms with Crippen molar-refractivity contribution >= 4 is 44.4 Å². The number of fused-ring (bicyclic) bond motifs is 1. The number of hydrogen-bond donors (Lipinski definition) is 0. The molecule has 31 heavy (non-hydrogen) atoms. The molecule has 166 valence electrons. The van der Waals surface area contributed by atoms with E-state index in [1.807, 2.05) is 22.7 Å². The van der Waals surface area contributed by atoms with Gasteiger partial charge in [-0.25, -0.2) is 4.98 Å². The van der Waals surface area contributed by atoms with Crippen LogP contribution in [-0.2, 0) is 4.79 Å². The van der Waals surface area contributed by atoms with Crippen LogP contribution in [0.25, 0.3) is 10.2 Å². The van der Waals surface area contributed by atoms with E-state index in [9.17, 15) is 4.79 Å². The van der Waals surface area contributed by atoms with Gasteiger partial charge >= 0.3 is 0 Å². The molecule has 0 aliphatic carbocycles. The number of hydrogen-bond acceptors (Lipinski definition) is 5. The predicted molar refractivity (Wildman–Crippen MR) is 136 cm³/mol. The second-order valence-corrected chi connectivity index (χ2v) is 9.87. The van der Waals surface area contributed by atoms with Crippen molar-refractivity contribution in [3.63, 3.8) is 0 Å². The van der Waals surface area contributed by atoms with Crippen molar-refractivity contribution < 1.29 is 4.79 Å². The standard InChI is InChI=1S/C25H33N3OS2/c1-5-27(6-2)16-17-28(23(29)13-10-18-30-21-11-8-7-9-12-21)25-26-24-20(4)19(3)14-15-22(24)31-25/h7-9,11-12,14-15H,5-6,10,13,16-18H2,1-4H3. The van der Waals surface area contributed by atoms with Crippen LogP contribution in [0.4, 0.5) is 5.13 Å². The van der Waals surface area contributed by atoms with Gasteiger partial charge in [-0.1, -0.05) is 49.4 Å². The topological polar surface area (TPSA) is 36.4 Å². The molecule has 1 aromatic heterocycles. The van der Waals surface area contributed by atoms with Crippen LogP contribution in [0, 0.1) is 13.8 Å². The van der Waals surface area contributed by atoms with Crippen molar-refractivity contribution in [3.8, 4) is 0 Å². The van der Waals surface area contributed by atoms with E-state index in [2.05, 4.69) is 69.0 Å². The van der Waals surface area contributed by atoms with Crippen LogP contribution in [0.5, 0.6) is 0 Å². The number of aromatic nitrogens is 1. The number of thiazole rings is 1. The Morgan fingerprint density at radius 1 is 1.03 bits per heavy atom. The molecule has 0 bridgehead atoms. The van der Waals surface area contributed by atoms with Gasteiger partial charge in [0.1, 0.15) is 0 Å². The van der Waals surface area contributed by atoms with Gasteiger partial charge in [0.15, 0.2) is 5.13 Å². The molecule has 3 aromatic rings. The summed E-state index contributed by atoms with van der Waals surface area (Å²) in [5.41, 5.74) is 3.47. The lowest BCUT2D eigenvalue weighted by atomic mass is 10.1. The molecule has 2 aromatic carbocycles. The summed E-state index contributed by atoms with van der Waals surface area (Å²) in [4.78, 5) is 23.7. The fourth-order valence-corrected chi connectivity index (χ4v) is 5.45. The zero-order valence-electron chi connectivity index (χ0n) is 19.1. The van der Waals surface area contributed by atoms with Crippen molar-refractivity contribution in [1.29, 1.82) is 0 Å². The molecule has 0 atom stereocenters. The number of rotatable bonds is 11. The molecule has 0 saturated carbocycles. The molecule has 4 nitrogen and oxygen atoms in total. The molecule has 0 aliphatic rings. The van der Waals surface area contributed by atoms with Crippen LogP contribution < -0.4 is 4.90 Å². The minimum absolute atomic E-state index is 0.175. The van der Waals surface area contributed by atoms with E-state index in [4.69, 9.17) is 4.98 Å². The zero-order chi connectivity index (χ0) is 22.2. The Labute approximate surface area is 194 Å². The number of thioether (sulfide) groups is 1. The Morgan fingerprint density at radius 3 is 2.48 bits per heavy atom. The third-order valence-electron chi connectivity index (χ3n) is 5.69. The molecule has 0 spiro atoms. The van der Waals surface area contributed by atoms with E-state index in [0.29, 0.717) is 13.0 Å². The molecule has 0 fully saturated rings. The van der Waals surface area contributed by atoms with Crippen molar-refractivity contribution in [2.45, 2.75) is 45.4 Å². The highest BCUT2D eigenvalue weighted by Gasteiger charge is 2.21. The number of likely N-dealkylation sites (N-methyl/N-ethyl adjacent to an activating group) is 1. The molecular weight excluding hydrogens is 422 g/mol. The first-order valence-electron chi connectivity index (χ1n) is 11.1. The van der Waals surface area contributed by atoms with E-state index in [1.54, 1.807) is 11.3 Å². The number of carbonyl (C=O) groups excluding carboxylic acids is 1. The van der Waals surface area contributed by atoms with Gasteiger partial charge < -0.3 is 4.90 Å². The molecule has 6 heteroatoms. The highest BCUT2D eigenvalue weighted by atomic mass is 32.2. The average Bonchev–Trinajstić information content (AvgIpc) is 3.22. The number of amides is 1. The quantitative estimate of drug-likeness (QED) is 0.256. The van der Waals surface area contributed by atoms with Crippen molar-refractivity contribution in [2.75, 3.05) is 36.8 Å². The fourth-order valence-electron chi connectivity index (χ4n) is 3.50. The van der Waals surface area contributed by atoms with Gasteiger partial charge in [0.05, 0.1) is 10.2 Å². The van der Waals surface area contributed by atoms with Crippen LogP contribution in [0.2, 0.25) is 0 Å². The summed E-state index contributed by atoms with van der Waals surface area (Å²) in [6, 6.07) is 14.6. The van der Waals surface area contributed by atoms with E-state index in [0.717, 1.165) is 47.2 Å². The SMILES string of the molecule is CCN(CC)CCN(C(=O)CCCSc1ccccc1)c1nc2c(C)c(C)ccc2s1. The fraction of sp³-hybridized carbons (Fsp3) is 0.440. The van der Waals surface area contributed by atoms with Crippen LogP contribution in [-0.4, -0.2) is 47.7 Å². The second kappa shape index (κ2) is 11.7. The van der Waals surface area contributed by atoms with Crippen molar-refractivity contribution in [1.82, 2.24) is 9.88 Å². The Kier molecular flexibility index (Phi) is 8.93. The van der Waals surface area contributed by atoms with E-state index in [-0.39, 0.29) is 5.91 Å². The number of carbonyl (C=O) groups is 1. The van der Waals surface area contributed by atoms with Gasteiger partial charge in [0.25, 0.3) is 0 Å². The van der Waals surface area contributed by atoms with Crippen LogP contribution in [0.15, 0.2) is 47.4 Å². The summed E-state index contributed by atoms with van der Waals surface area (Å²) in [5, 5.41) is 0.830. The number of nitrogens with zero attached hydrogens (tertiary/aromatic N) is 3. The first-order chi connectivity index (χ1) is 15.0. The molecule has 0 radical (unpaired) electrons. The lowest BCUT2D eigenvalue weighted by molar-refractivity contribution is -0.118. The van der Waals surface area contributed by atoms with Crippen molar-refractivity contribution in [3.05, 3.63) is 53.6 Å². The number of benzene rings is 2. The summed E-state index contributed by atoms with van der Waals surface area (Å²) in [6.45, 7) is 12.1. The normalized spacial score (nSPS) is 11.4. The largest absolute Gasteiger partial charge is 0.302 e. The van der Waals surface area contributed by atoms with Gasteiger partial charge in [-0.2, -0.15) is 0 Å². The summed E-state index contributed by atoms with van der Waals surface area (Å²) in [6.07, 6.45) is 1.41. The van der Waals surface area contributed by atoms with E-state index >= 15 is 0 Å². The monoisotopic (exact) mass is 455 g/mol. The molecular formula is C25H33N3OS2. The van der Waals surface area contributed by atoms with Crippen molar-refractivity contribution in [2.24, 2.45) is 0 Å². The third kappa shape index (κ3) is 6.31. The summed E-state index contributed by atoms with van der Waals surface area (Å²) in [7, 11) is 0. The Balaban J connectivity index is 1.71. The van der Waals surface area contributed by atoms with Crippen LogP contribution in [0.1, 0.15) is 37.8 Å². The average molecular weight is 456 g/mol. The lowest BCUT2D eigenvalue weighted by Crippen LogP contribution is -2.38. The number of anilines is 1. The summed E-state index contributed by atoms with van der Waals surface area (Å²) in [5.74, 6) is 1.12. The van der Waals surface area contributed by atoms with Crippen LogP contribution >= 0.6 is 23.1 Å². The minimum Gasteiger partial charge on any atom is -0.302 e. The van der Waals surface area contributed by atoms with Gasteiger partial charge in [-0.3, -0.25) is 9.69 Å². The molecule has 0 unspecified atom stereocenters. The van der Waals surface area contributed by atoms with Gasteiger partial charge in [-0.15, -0.1) is 11.8 Å². The molecule has 0 N–H and O–H groups in total. The maximum Gasteiger partial charge on any atom is 0.228 e. The van der Waals surface area contributed by atoms with Gasteiger partial charge in [0, 0.05) is 24.4 Å². The highest BCUT2D eigenvalue weighted by Crippen LogP contribution is 2.32. The number of aryl methyl sites for hydroxylation is 2. The minimum atomic E-state index is 0.175. The molecule has 0 saturated heterocycles. The Morgan fingerprint density at radius 2 is 1.77 bits per heavy atom. The second-order valence-electron chi connectivity index (χ2n) is 7.69. The van der Waals surface area contributed by atoms with E-state index in [1.165, 1.54) is 16.0 Å². The predicted octanol–water partition coefficient (Wildman–Crippen LogP) is 6.16. The molecule has 0 aliphatic heterocycles. The lowest BCUT2D eigenvalue weighted by Gasteiger charge is -2.24. The van der Waals surface area contributed by atoms with Gasteiger partial charge in [-0.05, 0) is 68.4 Å². The smallest absolute Gasteiger partial charge is 0.228 e. The highest BCUT2D eigenvalue weighted by molar-refractivity contribution is 7.99. The molecule has 3 rings (SSSR count). The maximum absolute atomic E-state index is 13.2. The molecule has 1 heterocycles. The Bertz CT molecular complexity index is 983. The van der Waals surface area contributed by atoms with Gasteiger partial charge in [0.2, 0.25) is 5.91 Å². The first kappa shape index (κ1) is 23.8. The van der Waals surface area contributed by atoms with E-state index < -0.39 is 0 Å². The zero-order valence-corrected chi connectivity index (χ0v) is 20.7. The third-order valence-corrected chi connectivity index (χ3v) is 7.83. The van der Waals surface area contributed by atoms with Crippen LogP contribution in [0.3, 0.4) is 0 Å².